The van der Waals surface area contributed by atoms with Gasteiger partial charge in [0.15, 0.2) is 4.32 Å². The molecule has 1 aliphatic heterocycles. The van der Waals surface area contributed by atoms with Crippen LogP contribution in [0.1, 0.15) is 11.1 Å². The van der Waals surface area contributed by atoms with E-state index in [1.54, 1.807) is 6.07 Å². The Bertz CT molecular complexity index is 875. The summed E-state index contributed by atoms with van der Waals surface area (Å²) in [7, 11) is 0. The third kappa shape index (κ3) is 3.74. The number of carbonyl (C=O) groups is 1. The van der Waals surface area contributed by atoms with Crippen LogP contribution in [0.2, 0.25) is 0 Å². The first-order chi connectivity index (χ1) is 11.8. The fraction of sp³-hybridized carbons (Fsp3) is 0.0588. The molecule has 1 aliphatic rings. The Kier molecular flexibility index (Phi) is 4.66. The molecule has 0 spiro atoms. The van der Waals surface area contributed by atoms with Gasteiger partial charge in [-0.15, -0.1) is 0 Å². The zero-order valence-corrected chi connectivity index (χ0v) is 14.0. The summed E-state index contributed by atoms with van der Waals surface area (Å²) < 4.78 is 51.3. The molecule has 3 rings (SSSR count). The van der Waals surface area contributed by atoms with Crippen molar-refractivity contribution in [3.05, 3.63) is 70.4 Å². The molecule has 128 valence electrons. The lowest BCUT2D eigenvalue weighted by Crippen LogP contribution is -2.27. The summed E-state index contributed by atoms with van der Waals surface area (Å²) in [6.07, 6.45) is -2.96. The Labute approximate surface area is 150 Å². The van der Waals surface area contributed by atoms with E-state index in [2.05, 4.69) is 0 Å². The number of alkyl halides is 3. The van der Waals surface area contributed by atoms with E-state index in [1.165, 1.54) is 41.3 Å². The average molecular weight is 383 g/mol. The van der Waals surface area contributed by atoms with E-state index in [0.717, 1.165) is 23.9 Å². The van der Waals surface area contributed by atoms with Crippen LogP contribution >= 0.6 is 24.0 Å². The predicted molar refractivity (Wildman–Crippen MR) is 93.5 cm³/mol. The molecule has 1 saturated heterocycles. The van der Waals surface area contributed by atoms with Crippen molar-refractivity contribution in [1.82, 2.24) is 0 Å². The fourth-order valence-corrected chi connectivity index (χ4v) is 3.52. The van der Waals surface area contributed by atoms with Crippen LogP contribution in [-0.2, 0) is 11.0 Å². The van der Waals surface area contributed by atoms with E-state index < -0.39 is 23.5 Å². The SMILES string of the molecule is O=C1/C(=C\c2ccc(C(F)(F)F)cc2)SC(=S)N1c1cccc(F)c1. The van der Waals surface area contributed by atoms with Crippen molar-refractivity contribution in [2.24, 2.45) is 0 Å². The number of rotatable bonds is 2. The van der Waals surface area contributed by atoms with Crippen molar-refractivity contribution < 1.29 is 22.4 Å². The van der Waals surface area contributed by atoms with Gasteiger partial charge in [-0.05, 0) is 42.0 Å². The Hall–Kier alpha value is -2.19. The smallest absolute Gasteiger partial charge is 0.268 e. The highest BCUT2D eigenvalue weighted by molar-refractivity contribution is 8.27. The quantitative estimate of drug-likeness (QED) is 0.401. The number of thiocarbonyl (C=S) groups is 1. The largest absolute Gasteiger partial charge is 0.416 e. The Morgan fingerprint density at radius 3 is 2.36 bits per heavy atom. The molecule has 0 bridgehead atoms. The summed E-state index contributed by atoms with van der Waals surface area (Å²) in [5, 5.41) is 0. The van der Waals surface area contributed by atoms with Crippen LogP contribution in [0, 0.1) is 5.82 Å². The third-order valence-corrected chi connectivity index (χ3v) is 4.70. The Balaban J connectivity index is 1.88. The number of nitrogens with zero attached hydrogens (tertiary/aromatic N) is 1. The van der Waals surface area contributed by atoms with Gasteiger partial charge in [0, 0.05) is 0 Å². The van der Waals surface area contributed by atoms with Crippen LogP contribution in [-0.4, -0.2) is 10.2 Å². The first kappa shape index (κ1) is 17.6. The van der Waals surface area contributed by atoms with Gasteiger partial charge in [-0.3, -0.25) is 9.69 Å². The molecule has 25 heavy (non-hydrogen) atoms. The summed E-state index contributed by atoms with van der Waals surface area (Å²) in [5.41, 5.74) is -0.0250. The van der Waals surface area contributed by atoms with Gasteiger partial charge in [0.1, 0.15) is 5.82 Å². The maximum atomic E-state index is 13.4. The van der Waals surface area contributed by atoms with Crippen LogP contribution in [0.3, 0.4) is 0 Å². The molecule has 8 heteroatoms. The molecule has 0 aliphatic carbocycles. The fourth-order valence-electron chi connectivity index (χ4n) is 2.23. The zero-order chi connectivity index (χ0) is 18.2. The molecule has 2 aromatic carbocycles. The Morgan fingerprint density at radius 2 is 1.76 bits per heavy atom. The molecule has 0 aromatic heterocycles. The molecule has 0 saturated carbocycles. The molecule has 0 atom stereocenters. The second-order valence-electron chi connectivity index (χ2n) is 5.12. The highest BCUT2D eigenvalue weighted by Gasteiger charge is 2.34. The van der Waals surface area contributed by atoms with Crippen molar-refractivity contribution in [2.45, 2.75) is 6.18 Å². The highest BCUT2D eigenvalue weighted by Crippen LogP contribution is 2.36. The molecule has 2 aromatic rings. The lowest BCUT2D eigenvalue weighted by Gasteiger charge is -2.14. The highest BCUT2D eigenvalue weighted by atomic mass is 32.2. The van der Waals surface area contributed by atoms with Crippen LogP contribution in [0.15, 0.2) is 53.4 Å². The van der Waals surface area contributed by atoms with Crippen LogP contribution < -0.4 is 4.90 Å². The van der Waals surface area contributed by atoms with Crippen LogP contribution in [0.5, 0.6) is 0 Å². The minimum Gasteiger partial charge on any atom is -0.268 e. The van der Waals surface area contributed by atoms with Gasteiger partial charge >= 0.3 is 6.18 Å². The first-order valence-corrected chi connectivity index (χ1v) is 8.19. The van der Waals surface area contributed by atoms with E-state index in [4.69, 9.17) is 12.2 Å². The molecule has 0 unspecified atom stereocenters. The third-order valence-electron chi connectivity index (χ3n) is 3.40. The van der Waals surface area contributed by atoms with Crippen molar-refractivity contribution in [2.75, 3.05) is 4.90 Å². The minimum atomic E-state index is -4.42. The summed E-state index contributed by atoms with van der Waals surface area (Å²) >= 11 is 6.17. The van der Waals surface area contributed by atoms with Gasteiger partial charge in [-0.25, -0.2) is 4.39 Å². The van der Waals surface area contributed by atoms with Gasteiger partial charge in [0.2, 0.25) is 0 Å². The summed E-state index contributed by atoms with van der Waals surface area (Å²) in [4.78, 5) is 14.0. The molecule has 1 heterocycles. The summed E-state index contributed by atoms with van der Waals surface area (Å²) in [5.74, 6) is -0.946. The lowest BCUT2D eigenvalue weighted by molar-refractivity contribution is -0.137. The van der Waals surface area contributed by atoms with Crippen molar-refractivity contribution in [1.29, 1.82) is 0 Å². The minimum absolute atomic E-state index is 0.230. The van der Waals surface area contributed by atoms with Gasteiger partial charge in [-0.1, -0.05) is 42.2 Å². The molecular weight excluding hydrogens is 374 g/mol. The van der Waals surface area contributed by atoms with Crippen molar-refractivity contribution in [3.8, 4) is 0 Å². The first-order valence-electron chi connectivity index (χ1n) is 6.96. The summed E-state index contributed by atoms with van der Waals surface area (Å²) in [6.45, 7) is 0. The number of halogens is 4. The molecular formula is C17H9F4NOS2. The zero-order valence-electron chi connectivity index (χ0n) is 12.4. The lowest BCUT2D eigenvalue weighted by atomic mass is 10.1. The number of hydrogen-bond donors (Lipinski definition) is 0. The van der Waals surface area contributed by atoms with Crippen molar-refractivity contribution in [3.63, 3.8) is 0 Å². The number of thioether (sulfide) groups is 1. The normalized spacial score (nSPS) is 16.8. The van der Waals surface area contributed by atoms with Gasteiger partial charge in [0.25, 0.3) is 5.91 Å². The Morgan fingerprint density at radius 1 is 1.08 bits per heavy atom. The van der Waals surface area contributed by atoms with E-state index >= 15 is 0 Å². The van der Waals surface area contributed by atoms with Gasteiger partial charge < -0.3 is 0 Å². The number of amides is 1. The number of hydrogen-bond acceptors (Lipinski definition) is 3. The van der Waals surface area contributed by atoms with Gasteiger partial charge in [0.05, 0.1) is 16.2 Å². The van der Waals surface area contributed by atoms with Crippen molar-refractivity contribution >= 4 is 46.0 Å². The second-order valence-corrected chi connectivity index (χ2v) is 6.79. The molecule has 2 nitrogen and oxygen atoms in total. The number of anilines is 1. The van der Waals surface area contributed by atoms with E-state index in [-0.39, 0.29) is 9.23 Å². The monoisotopic (exact) mass is 383 g/mol. The maximum absolute atomic E-state index is 13.4. The van der Waals surface area contributed by atoms with Crippen LogP contribution in [0.25, 0.3) is 6.08 Å². The molecule has 0 radical (unpaired) electrons. The second kappa shape index (κ2) is 6.61. The molecule has 1 amide bonds. The number of carbonyl (C=O) groups excluding carboxylic acids is 1. The summed E-state index contributed by atoms with van der Waals surface area (Å²) in [6, 6.07) is 9.89. The predicted octanol–water partition coefficient (Wildman–Crippen LogP) is 5.25. The van der Waals surface area contributed by atoms with E-state index in [0.29, 0.717) is 11.3 Å². The van der Waals surface area contributed by atoms with Crippen LogP contribution in [0.4, 0.5) is 23.2 Å². The van der Waals surface area contributed by atoms with E-state index in [1.807, 2.05) is 0 Å². The van der Waals surface area contributed by atoms with E-state index in [9.17, 15) is 22.4 Å². The standard InChI is InChI=1S/C17H9F4NOS2/c18-12-2-1-3-13(9-12)22-15(23)14(25-16(22)24)8-10-4-6-11(7-5-10)17(19,20)21/h1-9H/b14-8+. The van der Waals surface area contributed by atoms with Gasteiger partial charge in [-0.2, -0.15) is 13.2 Å². The topological polar surface area (TPSA) is 20.3 Å². The average Bonchev–Trinajstić information content (AvgIpc) is 2.81. The molecule has 0 N–H and O–H groups in total. The maximum Gasteiger partial charge on any atom is 0.416 e. The molecule has 1 fully saturated rings. The number of benzene rings is 2.